The van der Waals surface area contributed by atoms with Gasteiger partial charge in [-0.15, -0.1) is 24.0 Å². The Labute approximate surface area is 192 Å². The monoisotopic (exact) mass is 530 g/mol. The summed E-state index contributed by atoms with van der Waals surface area (Å²) in [6, 6.07) is 13.8. The lowest BCUT2D eigenvalue weighted by molar-refractivity contribution is 0.0134. The second-order valence-corrected chi connectivity index (χ2v) is 9.07. The van der Waals surface area contributed by atoms with Gasteiger partial charge in [0.1, 0.15) is 11.5 Å². The number of hydrogen-bond donors (Lipinski definition) is 2. The maximum atomic E-state index is 10.2. The highest BCUT2D eigenvalue weighted by Crippen LogP contribution is 2.50. The average molecular weight is 531 g/mol. The Hall–Kier alpha value is -1.12. The Morgan fingerprint density at radius 1 is 1.25 bits per heavy atom. The summed E-state index contributed by atoms with van der Waals surface area (Å²) >= 11 is 7.81. The molecular weight excluding hydrogens is 507 g/mol. The van der Waals surface area contributed by atoms with Crippen LogP contribution >= 0.6 is 47.3 Å². The van der Waals surface area contributed by atoms with E-state index < -0.39 is 5.72 Å². The van der Waals surface area contributed by atoms with Crippen LogP contribution in [0.4, 0.5) is 0 Å². The van der Waals surface area contributed by atoms with Gasteiger partial charge in [-0.05, 0) is 31.7 Å². The van der Waals surface area contributed by atoms with Crippen molar-refractivity contribution in [1.29, 1.82) is 0 Å². The van der Waals surface area contributed by atoms with Gasteiger partial charge in [0.25, 0.3) is 0 Å². The van der Waals surface area contributed by atoms with Crippen LogP contribution in [0.5, 0.6) is 11.5 Å². The van der Waals surface area contributed by atoms with Gasteiger partial charge < -0.3 is 15.2 Å². The van der Waals surface area contributed by atoms with Crippen LogP contribution in [0.1, 0.15) is 43.7 Å². The number of benzene rings is 2. The maximum Gasteiger partial charge on any atom is 0.206 e. The highest BCUT2D eigenvalue weighted by atomic mass is 127. The molecule has 4 rings (SSSR count). The number of phenols is 1. The van der Waals surface area contributed by atoms with Crippen LogP contribution in [0.3, 0.4) is 0 Å². The maximum absolute atomic E-state index is 10.2. The van der Waals surface area contributed by atoms with E-state index in [4.69, 9.17) is 21.3 Å². The summed E-state index contributed by atoms with van der Waals surface area (Å²) in [5, 5.41) is 14.8. The minimum atomic E-state index is -0.680. The molecule has 2 aromatic rings. The minimum Gasteiger partial charge on any atom is -0.506 e. The first-order valence-corrected chi connectivity index (χ1v) is 10.6. The van der Waals surface area contributed by atoms with Crippen molar-refractivity contribution in [3.8, 4) is 11.5 Å². The van der Waals surface area contributed by atoms with Crippen molar-refractivity contribution in [2.24, 2.45) is 4.99 Å². The van der Waals surface area contributed by atoms with Crippen LogP contribution in [-0.4, -0.2) is 27.8 Å². The van der Waals surface area contributed by atoms with E-state index in [-0.39, 0.29) is 41.2 Å². The quantitative estimate of drug-likeness (QED) is 0.460. The van der Waals surface area contributed by atoms with Gasteiger partial charge in [-0.25, -0.2) is 4.99 Å². The first kappa shape index (κ1) is 21.6. The van der Waals surface area contributed by atoms with E-state index in [9.17, 15) is 5.11 Å². The van der Waals surface area contributed by atoms with Crippen LogP contribution in [0.15, 0.2) is 47.5 Å². The molecule has 7 heteroatoms. The van der Waals surface area contributed by atoms with E-state index >= 15 is 0 Å². The van der Waals surface area contributed by atoms with E-state index in [1.165, 1.54) is 5.56 Å². The Morgan fingerprint density at radius 3 is 2.64 bits per heavy atom. The number of aromatic hydroxyl groups is 1. The third kappa shape index (κ3) is 4.09. The number of aliphatic imine (C=N–C) groups is 1. The number of nitrogens with one attached hydrogen (secondary N) is 1. The molecule has 28 heavy (non-hydrogen) atoms. The number of hydrogen-bond acceptors (Lipinski definition) is 5. The molecule has 0 radical (unpaired) electrons. The van der Waals surface area contributed by atoms with Crippen molar-refractivity contribution in [2.45, 2.75) is 43.9 Å². The summed E-state index contributed by atoms with van der Waals surface area (Å²) in [5.74, 6) is 0.772. The number of phenolic OH excluding ortho intramolecular Hbond substituents is 1. The van der Waals surface area contributed by atoms with Gasteiger partial charge in [0.15, 0.2) is 5.17 Å². The molecule has 1 spiro atoms. The number of thioether (sulfide) groups is 1. The highest BCUT2D eigenvalue weighted by Gasteiger charge is 2.48. The average Bonchev–Trinajstić information content (AvgIpc) is 2.62. The molecule has 150 valence electrons. The van der Waals surface area contributed by atoms with Gasteiger partial charge in [0.2, 0.25) is 5.72 Å². The standard InChI is InChI=1S/C21H23ClN2O2S.HI/c1-20(2)12-21(24-19(23-20)27-3)11-15(13-7-5-4-6-8-13)14-9-16(22)17(25)10-18(14)26-21;/h4-10,15,25H,11-12H2,1-3H3,(H,23,24);1H. The zero-order valence-electron chi connectivity index (χ0n) is 16.0. The third-order valence-corrected chi connectivity index (χ3v) is 6.02. The number of amidine groups is 1. The fourth-order valence-corrected chi connectivity index (χ4v) is 4.94. The molecule has 2 unspecified atom stereocenters. The molecule has 0 aliphatic carbocycles. The van der Waals surface area contributed by atoms with Crippen molar-refractivity contribution < 1.29 is 9.84 Å². The molecule has 0 saturated carbocycles. The van der Waals surface area contributed by atoms with Crippen molar-refractivity contribution in [1.82, 2.24) is 5.32 Å². The number of fused-ring (bicyclic) bond motifs is 1. The van der Waals surface area contributed by atoms with Crippen molar-refractivity contribution in [2.75, 3.05) is 6.26 Å². The van der Waals surface area contributed by atoms with Crippen LogP contribution in [-0.2, 0) is 0 Å². The molecular formula is C21H24ClIN2O2S. The predicted molar refractivity (Wildman–Crippen MR) is 128 cm³/mol. The van der Waals surface area contributed by atoms with E-state index in [2.05, 4.69) is 31.3 Å². The second-order valence-electron chi connectivity index (χ2n) is 7.86. The Morgan fingerprint density at radius 2 is 1.96 bits per heavy atom. The van der Waals surface area contributed by atoms with E-state index in [0.29, 0.717) is 10.8 Å². The van der Waals surface area contributed by atoms with Crippen LogP contribution < -0.4 is 10.1 Å². The first-order valence-electron chi connectivity index (χ1n) is 8.99. The number of ether oxygens (including phenoxy) is 1. The fourth-order valence-electron chi connectivity index (χ4n) is 4.13. The zero-order valence-corrected chi connectivity index (χ0v) is 19.9. The number of rotatable bonds is 1. The Kier molecular flexibility index (Phi) is 6.13. The second kappa shape index (κ2) is 7.95. The van der Waals surface area contributed by atoms with Gasteiger partial charge in [-0.2, -0.15) is 0 Å². The summed E-state index contributed by atoms with van der Waals surface area (Å²) in [6.07, 6.45) is 3.47. The highest BCUT2D eigenvalue weighted by molar-refractivity contribution is 14.0. The predicted octanol–water partition coefficient (Wildman–Crippen LogP) is 5.77. The zero-order chi connectivity index (χ0) is 19.2. The van der Waals surface area contributed by atoms with Gasteiger partial charge in [0, 0.05) is 35.9 Å². The Bertz CT molecular complexity index is 907. The third-order valence-electron chi connectivity index (χ3n) is 5.14. The van der Waals surface area contributed by atoms with E-state index in [1.807, 2.05) is 30.5 Å². The lowest BCUT2D eigenvalue weighted by atomic mass is 9.78. The summed E-state index contributed by atoms with van der Waals surface area (Å²) in [5.41, 5.74) is 1.36. The van der Waals surface area contributed by atoms with E-state index in [0.717, 1.165) is 23.6 Å². The molecule has 2 heterocycles. The SMILES string of the molecule is CSC1=NC2(CC(c3ccccc3)c3cc(Cl)c(O)cc3O2)CC(C)(C)N1.I. The summed E-state index contributed by atoms with van der Waals surface area (Å²) in [4.78, 5) is 4.95. The summed E-state index contributed by atoms with van der Waals surface area (Å²) in [6.45, 7) is 4.32. The molecule has 0 amide bonds. The lowest BCUT2D eigenvalue weighted by Gasteiger charge is -2.47. The van der Waals surface area contributed by atoms with Gasteiger partial charge in [-0.1, -0.05) is 53.7 Å². The molecule has 0 aromatic heterocycles. The molecule has 2 atom stereocenters. The molecule has 2 aliphatic rings. The largest absolute Gasteiger partial charge is 0.506 e. The van der Waals surface area contributed by atoms with Crippen molar-refractivity contribution in [3.05, 3.63) is 58.6 Å². The van der Waals surface area contributed by atoms with Crippen LogP contribution in [0.2, 0.25) is 5.02 Å². The minimum absolute atomic E-state index is 0. The van der Waals surface area contributed by atoms with Crippen molar-refractivity contribution >= 4 is 52.5 Å². The number of nitrogens with zero attached hydrogens (tertiary/aromatic N) is 1. The lowest BCUT2D eigenvalue weighted by Crippen LogP contribution is -2.56. The molecule has 4 nitrogen and oxygen atoms in total. The van der Waals surface area contributed by atoms with E-state index in [1.54, 1.807) is 17.8 Å². The van der Waals surface area contributed by atoms with Crippen LogP contribution in [0, 0.1) is 0 Å². The molecule has 2 aromatic carbocycles. The summed E-state index contributed by atoms with van der Waals surface area (Å²) in [7, 11) is 0. The van der Waals surface area contributed by atoms with Crippen molar-refractivity contribution in [3.63, 3.8) is 0 Å². The number of halogens is 2. The molecule has 0 saturated heterocycles. The van der Waals surface area contributed by atoms with Gasteiger partial charge in [0.05, 0.1) is 5.02 Å². The molecule has 2 N–H and O–H groups in total. The summed E-state index contributed by atoms with van der Waals surface area (Å²) < 4.78 is 6.46. The smallest absolute Gasteiger partial charge is 0.206 e. The van der Waals surface area contributed by atoms with Gasteiger partial charge in [-0.3, -0.25) is 0 Å². The topological polar surface area (TPSA) is 53.9 Å². The molecule has 0 bridgehead atoms. The fraction of sp³-hybridized carbons (Fsp3) is 0.381. The first-order chi connectivity index (χ1) is 12.8. The molecule has 0 fully saturated rings. The Balaban J connectivity index is 0.00000225. The van der Waals surface area contributed by atoms with Gasteiger partial charge >= 0.3 is 0 Å². The van der Waals surface area contributed by atoms with Crippen LogP contribution in [0.25, 0.3) is 0 Å². The normalized spacial score (nSPS) is 25.0. The molecule has 2 aliphatic heterocycles.